The zero-order valence-corrected chi connectivity index (χ0v) is 11.9. The molecule has 0 radical (unpaired) electrons. The normalized spacial score (nSPS) is 18.2. The number of guanidine groups is 1. The van der Waals surface area contributed by atoms with Gasteiger partial charge in [-0.1, -0.05) is 36.4 Å². The van der Waals surface area contributed by atoms with Crippen LogP contribution in [0.4, 0.5) is 5.69 Å². The Morgan fingerprint density at radius 1 is 1.05 bits per heavy atom. The van der Waals surface area contributed by atoms with Gasteiger partial charge < -0.3 is 10.6 Å². The van der Waals surface area contributed by atoms with E-state index in [9.17, 15) is 0 Å². The van der Waals surface area contributed by atoms with Gasteiger partial charge in [-0.2, -0.15) is 0 Å². The number of nitrogens with two attached hydrogens (primary N) is 1. The standard InChI is InChI=1S/C17H19N3/c1-12-7-6-10-15(13(12)2)16-11-19-17(18)20(16)14-8-4-3-5-9-14/h3-10,16H,11H2,1-2H3,(H2,18,19). The van der Waals surface area contributed by atoms with Crippen molar-refractivity contribution < 1.29 is 0 Å². The fourth-order valence-corrected chi connectivity index (χ4v) is 2.77. The van der Waals surface area contributed by atoms with E-state index < -0.39 is 0 Å². The number of aliphatic imine (C=N–C) groups is 1. The number of anilines is 1. The maximum absolute atomic E-state index is 6.10. The summed E-state index contributed by atoms with van der Waals surface area (Å²) in [7, 11) is 0. The number of benzene rings is 2. The van der Waals surface area contributed by atoms with Crippen LogP contribution in [0.3, 0.4) is 0 Å². The Balaban J connectivity index is 2.04. The van der Waals surface area contributed by atoms with Crippen LogP contribution in [0.1, 0.15) is 22.7 Å². The van der Waals surface area contributed by atoms with E-state index in [4.69, 9.17) is 5.73 Å². The minimum absolute atomic E-state index is 0.192. The Kier molecular flexibility index (Phi) is 3.18. The molecule has 2 aromatic carbocycles. The molecule has 0 fully saturated rings. The number of para-hydroxylation sites is 1. The molecular formula is C17H19N3. The molecule has 1 unspecified atom stereocenters. The van der Waals surface area contributed by atoms with E-state index in [0.29, 0.717) is 12.5 Å². The molecule has 3 nitrogen and oxygen atoms in total. The number of rotatable bonds is 2. The van der Waals surface area contributed by atoms with Crippen LogP contribution < -0.4 is 10.6 Å². The summed E-state index contributed by atoms with van der Waals surface area (Å²) < 4.78 is 0. The maximum atomic E-state index is 6.10. The third-order valence-corrected chi connectivity index (χ3v) is 4.02. The third-order valence-electron chi connectivity index (χ3n) is 4.02. The monoisotopic (exact) mass is 265 g/mol. The SMILES string of the molecule is Cc1cccc(C2CN=C(N)N2c2ccccc2)c1C. The summed E-state index contributed by atoms with van der Waals surface area (Å²) in [5, 5.41) is 0. The fraction of sp³-hybridized carbons (Fsp3) is 0.235. The van der Waals surface area contributed by atoms with Gasteiger partial charge in [-0.25, -0.2) is 0 Å². The highest BCUT2D eigenvalue weighted by atomic mass is 15.3. The Bertz CT molecular complexity index is 647. The molecule has 0 saturated heterocycles. The Morgan fingerprint density at radius 3 is 2.55 bits per heavy atom. The predicted octanol–water partition coefficient (Wildman–Crippen LogP) is 3.18. The number of nitrogens with zero attached hydrogens (tertiary/aromatic N) is 2. The van der Waals surface area contributed by atoms with Crippen LogP contribution in [-0.4, -0.2) is 12.5 Å². The van der Waals surface area contributed by atoms with Crippen molar-refractivity contribution in [1.82, 2.24) is 0 Å². The van der Waals surface area contributed by atoms with Gasteiger partial charge in [-0.15, -0.1) is 0 Å². The van der Waals surface area contributed by atoms with Gasteiger partial charge in [0.15, 0.2) is 5.96 Å². The second-order valence-electron chi connectivity index (χ2n) is 5.21. The molecule has 0 saturated carbocycles. The maximum Gasteiger partial charge on any atom is 0.196 e. The van der Waals surface area contributed by atoms with Gasteiger partial charge >= 0.3 is 0 Å². The molecule has 102 valence electrons. The van der Waals surface area contributed by atoms with E-state index in [1.165, 1.54) is 16.7 Å². The summed E-state index contributed by atoms with van der Waals surface area (Å²) in [6.45, 7) is 5.03. The first-order valence-corrected chi connectivity index (χ1v) is 6.89. The molecule has 1 atom stereocenters. The van der Waals surface area contributed by atoms with E-state index >= 15 is 0 Å². The first-order valence-electron chi connectivity index (χ1n) is 6.89. The van der Waals surface area contributed by atoms with Crippen molar-refractivity contribution in [1.29, 1.82) is 0 Å². The topological polar surface area (TPSA) is 41.6 Å². The summed E-state index contributed by atoms with van der Waals surface area (Å²) in [5.74, 6) is 0.599. The van der Waals surface area contributed by atoms with Crippen molar-refractivity contribution in [3.05, 3.63) is 65.2 Å². The molecule has 2 N–H and O–H groups in total. The van der Waals surface area contributed by atoms with Gasteiger partial charge in [0.1, 0.15) is 0 Å². The van der Waals surface area contributed by atoms with Gasteiger partial charge in [0.2, 0.25) is 0 Å². The lowest BCUT2D eigenvalue weighted by Crippen LogP contribution is -2.36. The zero-order valence-electron chi connectivity index (χ0n) is 11.9. The summed E-state index contributed by atoms with van der Waals surface area (Å²) in [6.07, 6.45) is 0. The first kappa shape index (κ1) is 12.7. The quantitative estimate of drug-likeness (QED) is 0.906. The number of aryl methyl sites for hydroxylation is 1. The second kappa shape index (κ2) is 5.00. The van der Waals surface area contributed by atoms with Crippen LogP contribution in [0.25, 0.3) is 0 Å². The highest BCUT2D eigenvalue weighted by Gasteiger charge is 2.29. The van der Waals surface area contributed by atoms with Crippen LogP contribution in [0.5, 0.6) is 0 Å². The minimum Gasteiger partial charge on any atom is -0.369 e. The van der Waals surface area contributed by atoms with Crippen molar-refractivity contribution in [2.75, 3.05) is 11.4 Å². The van der Waals surface area contributed by atoms with Crippen molar-refractivity contribution in [2.24, 2.45) is 10.7 Å². The second-order valence-corrected chi connectivity index (χ2v) is 5.21. The Labute approximate surface area is 119 Å². The molecule has 0 amide bonds. The van der Waals surface area contributed by atoms with Gasteiger partial charge in [0.25, 0.3) is 0 Å². The molecule has 3 rings (SSSR count). The largest absolute Gasteiger partial charge is 0.369 e. The Morgan fingerprint density at radius 2 is 1.80 bits per heavy atom. The van der Waals surface area contributed by atoms with E-state index in [2.05, 4.69) is 54.1 Å². The highest BCUT2D eigenvalue weighted by molar-refractivity contribution is 5.97. The number of hydrogen-bond acceptors (Lipinski definition) is 3. The van der Waals surface area contributed by atoms with E-state index in [-0.39, 0.29) is 6.04 Å². The number of hydrogen-bond donors (Lipinski definition) is 1. The molecule has 0 aliphatic carbocycles. The van der Waals surface area contributed by atoms with Crippen molar-refractivity contribution >= 4 is 11.6 Å². The molecular weight excluding hydrogens is 246 g/mol. The van der Waals surface area contributed by atoms with Crippen molar-refractivity contribution in [2.45, 2.75) is 19.9 Å². The lowest BCUT2D eigenvalue weighted by Gasteiger charge is -2.28. The fourth-order valence-electron chi connectivity index (χ4n) is 2.77. The highest BCUT2D eigenvalue weighted by Crippen LogP contribution is 2.33. The predicted molar refractivity (Wildman–Crippen MR) is 84.1 cm³/mol. The lowest BCUT2D eigenvalue weighted by atomic mass is 9.96. The van der Waals surface area contributed by atoms with Crippen LogP contribution in [0, 0.1) is 13.8 Å². The molecule has 3 heteroatoms. The van der Waals surface area contributed by atoms with Crippen LogP contribution >= 0.6 is 0 Å². The Hall–Kier alpha value is -2.29. The third kappa shape index (κ3) is 2.05. The molecule has 0 aromatic heterocycles. The zero-order chi connectivity index (χ0) is 14.1. The van der Waals surface area contributed by atoms with Gasteiger partial charge in [0.05, 0.1) is 12.6 Å². The van der Waals surface area contributed by atoms with Crippen molar-refractivity contribution in [3.8, 4) is 0 Å². The van der Waals surface area contributed by atoms with E-state index in [0.717, 1.165) is 5.69 Å². The molecule has 1 heterocycles. The molecule has 20 heavy (non-hydrogen) atoms. The van der Waals surface area contributed by atoms with Crippen LogP contribution in [-0.2, 0) is 0 Å². The smallest absolute Gasteiger partial charge is 0.196 e. The average molecular weight is 265 g/mol. The molecule has 0 spiro atoms. The van der Waals surface area contributed by atoms with Gasteiger partial charge in [-0.05, 0) is 42.7 Å². The van der Waals surface area contributed by atoms with E-state index in [1.807, 2.05) is 18.2 Å². The average Bonchev–Trinajstić information content (AvgIpc) is 2.84. The van der Waals surface area contributed by atoms with Crippen LogP contribution in [0.2, 0.25) is 0 Å². The van der Waals surface area contributed by atoms with Gasteiger partial charge in [-0.3, -0.25) is 4.99 Å². The summed E-state index contributed by atoms with van der Waals surface area (Å²) in [4.78, 5) is 6.57. The first-order chi connectivity index (χ1) is 9.68. The van der Waals surface area contributed by atoms with Crippen LogP contribution in [0.15, 0.2) is 53.5 Å². The minimum atomic E-state index is 0.192. The molecule has 1 aliphatic rings. The molecule has 1 aliphatic heterocycles. The van der Waals surface area contributed by atoms with E-state index in [1.54, 1.807) is 0 Å². The summed E-state index contributed by atoms with van der Waals surface area (Å²) >= 11 is 0. The lowest BCUT2D eigenvalue weighted by molar-refractivity contribution is 0.761. The summed E-state index contributed by atoms with van der Waals surface area (Å²) in [5.41, 5.74) is 11.1. The molecule has 2 aromatic rings. The molecule has 0 bridgehead atoms. The van der Waals surface area contributed by atoms with Crippen molar-refractivity contribution in [3.63, 3.8) is 0 Å². The van der Waals surface area contributed by atoms with Gasteiger partial charge in [0, 0.05) is 5.69 Å². The summed E-state index contributed by atoms with van der Waals surface area (Å²) in [6, 6.07) is 16.8.